The Morgan fingerprint density at radius 2 is 2.00 bits per heavy atom. The second kappa shape index (κ2) is 6.83. The van der Waals surface area contributed by atoms with Gasteiger partial charge < -0.3 is 11.1 Å². The van der Waals surface area contributed by atoms with Gasteiger partial charge in [-0.15, -0.1) is 0 Å². The molecule has 15 heavy (non-hydrogen) atoms. The lowest BCUT2D eigenvalue weighted by Gasteiger charge is -2.28. The zero-order valence-electron chi connectivity index (χ0n) is 9.80. The molecule has 1 aliphatic rings. The molecule has 1 amide bonds. The molecule has 0 aliphatic heterocycles. The van der Waals surface area contributed by atoms with Crippen molar-refractivity contribution in [2.24, 2.45) is 11.7 Å². The van der Waals surface area contributed by atoms with Crippen molar-refractivity contribution in [1.82, 2.24) is 5.32 Å². The molecule has 0 spiro atoms. The van der Waals surface area contributed by atoms with Crippen molar-refractivity contribution in [2.45, 2.75) is 57.9 Å². The van der Waals surface area contributed by atoms with E-state index in [2.05, 4.69) is 12.2 Å². The van der Waals surface area contributed by atoms with E-state index in [-0.39, 0.29) is 5.91 Å². The van der Waals surface area contributed by atoms with Gasteiger partial charge in [-0.1, -0.05) is 13.3 Å². The van der Waals surface area contributed by atoms with E-state index in [9.17, 15) is 4.79 Å². The second-order valence-electron chi connectivity index (χ2n) is 4.59. The number of amides is 1. The topological polar surface area (TPSA) is 55.1 Å². The minimum atomic E-state index is 0.181. The number of carbonyl (C=O) groups excluding carboxylic acids is 1. The van der Waals surface area contributed by atoms with Crippen molar-refractivity contribution in [3.8, 4) is 0 Å². The van der Waals surface area contributed by atoms with Crippen LogP contribution in [0.25, 0.3) is 0 Å². The van der Waals surface area contributed by atoms with Crippen molar-refractivity contribution in [2.75, 3.05) is 6.54 Å². The van der Waals surface area contributed by atoms with E-state index >= 15 is 0 Å². The molecule has 0 radical (unpaired) electrons. The van der Waals surface area contributed by atoms with Gasteiger partial charge in [0.15, 0.2) is 0 Å². The summed E-state index contributed by atoms with van der Waals surface area (Å²) in [5, 5.41) is 3.10. The summed E-state index contributed by atoms with van der Waals surface area (Å²) < 4.78 is 0. The van der Waals surface area contributed by atoms with Crippen LogP contribution < -0.4 is 11.1 Å². The molecule has 1 saturated carbocycles. The highest BCUT2D eigenvalue weighted by Gasteiger charge is 2.20. The van der Waals surface area contributed by atoms with E-state index in [0.29, 0.717) is 19.0 Å². The van der Waals surface area contributed by atoms with Gasteiger partial charge in [-0.2, -0.15) is 0 Å². The summed E-state index contributed by atoms with van der Waals surface area (Å²) in [4.78, 5) is 11.5. The molecule has 0 unspecified atom stereocenters. The fraction of sp³-hybridized carbons (Fsp3) is 0.917. The van der Waals surface area contributed by atoms with Crippen molar-refractivity contribution in [3.63, 3.8) is 0 Å². The number of hydrogen-bond acceptors (Lipinski definition) is 2. The van der Waals surface area contributed by atoms with Crippen LogP contribution in [0.1, 0.15) is 51.9 Å². The molecule has 0 atom stereocenters. The smallest absolute Gasteiger partial charge is 0.220 e. The molecule has 3 nitrogen and oxygen atoms in total. The third-order valence-corrected chi connectivity index (χ3v) is 3.40. The van der Waals surface area contributed by atoms with Gasteiger partial charge in [0.1, 0.15) is 0 Å². The van der Waals surface area contributed by atoms with Crippen LogP contribution in [-0.4, -0.2) is 18.5 Å². The first kappa shape index (κ1) is 12.5. The van der Waals surface area contributed by atoms with Gasteiger partial charge >= 0.3 is 0 Å². The monoisotopic (exact) mass is 212 g/mol. The molecule has 3 heteroatoms. The molecule has 0 saturated heterocycles. The standard InChI is InChI=1S/C12H24N2O/c1-2-10-5-7-11(8-6-10)14-12(15)4-3-9-13/h10-11H,2-9,13H2,1H3,(H,14,15). The fourth-order valence-electron chi connectivity index (χ4n) is 2.28. The average Bonchev–Trinajstić information content (AvgIpc) is 2.27. The summed E-state index contributed by atoms with van der Waals surface area (Å²) in [6.45, 7) is 2.86. The molecule has 1 rings (SSSR count). The first-order valence-corrected chi connectivity index (χ1v) is 6.25. The highest BCUT2D eigenvalue weighted by molar-refractivity contribution is 5.76. The minimum Gasteiger partial charge on any atom is -0.353 e. The summed E-state index contributed by atoms with van der Waals surface area (Å²) >= 11 is 0. The van der Waals surface area contributed by atoms with Crippen LogP contribution in [-0.2, 0) is 4.79 Å². The number of nitrogens with two attached hydrogens (primary N) is 1. The number of nitrogens with one attached hydrogen (secondary N) is 1. The summed E-state index contributed by atoms with van der Waals surface area (Å²) in [6.07, 6.45) is 7.55. The predicted octanol–water partition coefficient (Wildman–Crippen LogP) is 1.81. The van der Waals surface area contributed by atoms with Crippen LogP contribution in [0.5, 0.6) is 0 Å². The van der Waals surface area contributed by atoms with Gasteiger partial charge in [-0.3, -0.25) is 4.79 Å². The minimum absolute atomic E-state index is 0.181. The van der Waals surface area contributed by atoms with E-state index in [1.54, 1.807) is 0 Å². The SMILES string of the molecule is CCC1CCC(NC(=O)CCCN)CC1. The Hall–Kier alpha value is -0.570. The summed E-state index contributed by atoms with van der Waals surface area (Å²) in [7, 11) is 0. The van der Waals surface area contributed by atoms with E-state index < -0.39 is 0 Å². The summed E-state index contributed by atoms with van der Waals surface area (Å²) in [5.41, 5.74) is 5.37. The average molecular weight is 212 g/mol. The summed E-state index contributed by atoms with van der Waals surface area (Å²) in [6, 6.07) is 0.429. The first-order chi connectivity index (χ1) is 7.26. The predicted molar refractivity (Wildman–Crippen MR) is 62.5 cm³/mol. The molecular weight excluding hydrogens is 188 g/mol. The van der Waals surface area contributed by atoms with Crippen molar-refractivity contribution in [3.05, 3.63) is 0 Å². The highest BCUT2D eigenvalue weighted by atomic mass is 16.1. The van der Waals surface area contributed by atoms with Crippen molar-refractivity contribution >= 4 is 5.91 Å². The zero-order chi connectivity index (χ0) is 11.1. The maximum Gasteiger partial charge on any atom is 0.220 e. The van der Waals surface area contributed by atoms with Crippen LogP contribution in [0.2, 0.25) is 0 Å². The molecular formula is C12H24N2O. The van der Waals surface area contributed by atoms with Gasteiger partial charge in [0, 0.05) is 12.5 Å². The van der Waals surface area contributed by atoms with Crippen molar-refractivity contribution in [1.29, 1.82) is 0 Å². The molecule has 1 aliphatic carbocycles. The Morgan fingerprint density at radius 3 is 2.53 bits per heavy atom. The lowest BCUT2D eigenvalue weighted by atomic mass is 9.84. The Labute approximate surface area is 92.8 Å². The van der Waals surface area contributed by atoms with E-state index in [0.717, 1.165) is 25.2 Å². The molecule has 0 aromatic heterocycles. The third kappa shape index (κ3) is 4.65. The van der Waals surface area contributed by atoms with Gasteiger partial charge in [-0.05, 0) is 44.6 Å². The number of rotatable bonds is 5. The lowest BCUT2D eigenvalue weighted by Crippen LogP contribution is -2.37. The highest BCUT2D eigenvalue weighted by Crippen LogP contribution is 2.26. The Kier molecular flexibility index (Phi) is 5.69. The Balaban J connectivity index is 2.15. The zero-order valence-corrected chi connectivity index (χ0v) is 9.80. The number of carbonyl (C=O) groups is 1. The molecule has 88 valence electrons. The van der Waals surface area contributed by atoms with Crippen LogP contribution in [0.4, 0.5) is 0 Å². The van der Waals surface area contributed by atoms with Gasteiger partial charge in [0.25, 0.3) is 0 Å². The van der Waals surface area contributed by atoms with Crippen molar-refractivity contribution < 1.29 is 4.79 Å². The number of hydrogen-bond donors (Lipinski definition) is 2. The van der Waals surface area contributed by atoms with Gasteiger partial charge in [0.2, 0.25) is 5.91 Å². The third-order valence-electron chi connectivity index (χ3n) is 3.40. The van der Waals surface area contributed by atoms with Crippen LogP contribution >= 0.6 is 0 Å². The second-order valence-corrected chi connectivity index (χ2v) is 4.59. The van der Waals surface area contributed by atoms with E-state index in [1.807, 2.05) is 0 Å². The maximum atomic E-state index is 11.5. The van der Waals surface area contributed by atoms with Crippen LogP contribution in [0, 0.1) is 5.92 Å². The van der Waals surface area contributed by atoms with Crippen LogP contribution in [0.3, 0.4) is 0 Å². The normalized spacial score (nSPS) is 26.3. The first-order valence-electron chi connectivity index (χ1n) is 6.25. The van der Waals surface area contributed by atoms with Gasteiger partial charge in [-0.25, -0.2) is 0 Å². The molecule has 0 heterocycles. The largest absolute Gasteiger partial charge is 0.353 e. The lowest BCUT2D eigenvalue weighted by molar-refractivity contribution is -0.122. The molecule has 0 aromatic rings. The Morgan fingerprint density at radius 1 is 1.33 bits per heavy atom. The molecule has 1 fully saturated rings. The molecule has 3 N–H and O–H groups in total. The quantitative estimate of drug-likeness (QED) is 0.730. The fourth-order valence-corrected chi connectivity index (χ4v) is 2.28. The van der Waals surface area contributed by atoms with E-state index in [1.165, 1.54) is 19.3 Å². The molecule has 0 bridgehead atoms. The van der Waals surface area contributed by atoms with E-state index in [4.69, 9.17) is 5.73 Å². The maximum absolute atomic E-state index is 11.5. The van der Waals surface area contributed by atoms with Gasteiger partial charge in [0.05, 0.1) is 0 Å². The summed E-state index contributed by atoms with van der Waals surface area (Å²) in [5.74, 6) is 1.07. The molecule has 0 aromatic carbocycles. The van der Waals surface area contributed by atoms with Crippen LogP contribution in [0.15, 0.2) is 0 Å². The Bertz CT molecular complexity index is 186.